The third-order valence-corrected chi connectivity index (χ3v) is 3.33. The molecule has 1 aromatic rings. The normalized spacial score (nSPS) is 12.9. The van der Waals surface area contributed by atoms with Crippen LogP contribution in [0.2, 0.25) is 0 Å². The van der Waals surface area contributed by atoms with Crippen LogP contribution in [0.25, 0.3) is 0 Å². The summed E-state index contributed by atoms with van der Waals surface area (Å²) in [5.74, 6) is -0.366. The molecular weight excluding hydrogens is 241 g/mol. The van der Waals surface area contributed by atoms with Crippen LogP contribution in [0, 0.1) is 0 Å². The molecule has 0 aromatic heterocycles. The molecule has 0 aliphatic heterocycles. The fourth-order valence-electron chi connectivity index (χ4n) is 2.29. The molecule has 0 heterocycles. The minimum absolute atomic E-state index is 0.366. The van der Waals surface area contributed by atoms with Gasteiger partial charge < -0.3 is 14.3 Å². The maximum atomic E-state index is 12.0. The number of nitrogens with zero attached hydrogens (tertiary/aromatic N) is 1. The lowest BCUT2D eigenvalue weighted by atomic mass is 9.74. The molecule has 0 amide bonds. The van der Waals surface area contributed by atoms with Gasteiger partial charge in [-0.25, -0.2) is 0 Å². The predicted octanol–water partition coefficient (Wildman–Crippen LogP) is 1.25. The molecule has 0 spiro atoms. The molecule has 0 saturated carbocycles. The van der Waals surface area contributed by atoms with E-state index in [0.717, 1.165) is 5.56 Å². The molecule has 5 heteroatoms. The van der Waals surface area contributed by atoms with Crippen LogP contribution in [-0.4, -0.2) is 44.6 Å². The Morgan fingerprint density at radius 1 is 1.37 bits per heavy atom. The molecule has 1 aromatic carbocycles. The molecule has 0 aliphatic carbocycles. The third-order valence-electron chi connectivity index (χ3n) is 3.33. The van der Waals surface area contributed by atoms with Gasteiger partial charge in [0.05, 0.1) is 13.3 Å². The Kier molecular flexibility index (Phi) is 5.30. The third kappa shape index (κ3) is 3.44. The largest absolute Gasteiger partial charge is 0.468 e. The van der Waals surface area contributed by atoms with Gasteiger partial charge in [0.15, 0.2) is 0 Å². The van der Waals surface area contributed by atoms with Gasteiger partial charge in [-0.15, -0.1) is 0 Å². The lowest BCUT2D eigenvalue weighted by Crippen LogP contribution is -2.53. The van der Waals surface area contributed by atoms with Gasteiger partial charge in [0.2, 0.25) is 0 Å². The van der Waals surface area contributed by atoms with Crippen LogP contribution in [0.3, 0.4) is 0 Å². The van der Waals surface area contributed by atoms with Crippen molar-refractivity contribution in [2.75, 3.05) is 14.2 Å². The number of methoxy groups -OCH3 is 1. The molecular formula is C14H19BNO3. The molecule has 101 valence electrons. The van der Waals surface area contributed by atoms with Crippen molar-refractivity contribution in [2.45, 2.75) is 25.3 Å². The first kappa shape index (κ1) is 15.4. The Labute approximate surface area is 115 Å². The summed E-state index contributed by atoms with van der Waals surface area (Å²) in [5.41, 5.74) is 0.527. The van der Waals surface area contributed by atoms with Crippen LogP contribution < -0.4 is 0 Å². The summed E-state index contributed by atoms with van der Waals surface area (Å²) in [6.45, 7) is 3.91. The summed E-state index contributed by atoms with van der Waals surface area (Å²) in [6, 6.07) is 9.14. The summed E-state index contributed by atoms with van der Waals surface area (Å²) in [4.78, 5) is 24.3. The molecule has 19 heavy (non-hydrogen) atoms. The molecule has 1 atom stereocenters. The first-order valence-corrected chi connectivity index (χ1v) is 6.09. The summed E-state index contributed by atoms with van der Waals surface area (Å²) < 4.78 is 4.87. The number of rotatable bonds is 6. The van der Waals surface area contributed by atoms with Crippen molar-refractivity contribution >= 4 is 19.6 Å². The Balaban J connectivity index is 3.15. The highest BCUT2D eigenvalue weighted by Gasteiger charge is 2.40. The first-order valence-electron chi connectivity index (χ1n) is 6.09. The van der Waals surface area contributed by atoms with Crippen LogP contribution >= 0.6 is 0 Å². The molecule has 0 saturated heterocycles. The number of benzene rings is 1. The number of hydrogen-bond acceptors (Lipinski definition) is 4. The highest BCUT2D eigenvalue weighted by Crippen LogP contribution is 2.30. The molecule has 0 fully saturated rings. The Bertz CT molecular complexity index is 434. The standard InChI is InChI=1S/C14H19BNO3/c1-14(2,11-8-6-5-7-9-11)12(13(18)19-4)16(3)15-10-17/h5-10,12H,1-4H3/t12-/m1/s1. The highest BCUT2D eigenvalue weighted by molar-refractivity contribution is 6.64. The number of carbonyl (C=O) groups excluding carboxylic acids is 2. The van der Waals surface area contributed by atoms with Gasteiger partial charge in [0.1, 0.15) is 6.04 Å². The van der Waals surface area contributed by atoms with Crippen molar-refractivity contribution < 1.29 is 14.3 Å². The zero-order valence-corrected chi connectivity index (χ0v) is 11.8. The van der Waals surface area contributed by atoms with Gasteiger partial charge >= 0.3 is 5.97 Å². The van der Waals surface area contributed by atoms with Gasteiger partial charge in [-0.05, 0) is 12.6 Å². The van der Waals surface area contributed by atoms with Crippen LogP contribution in [0.15, 0.2) is 30.3 Å². The van der Waals surface area contributed by atoms with E-state index in [-0.39, 0.29) is 5.97 Å². The SMILES string of the molecule is COC(=O)[C@@H](N(C)[B]C=O)C(C)(C)c1ccccc1. The van der Waals surface area contributed by atoms with E-state index >= 15 is 0 Å². The number of ether oxygens (including phenoxy) is 1. The second kappa shape index (κ2) is 6.52. The van der Waals surface area contributed by atoms with E-state index in [4.69, 9.17) is 4.74 Å². The predicted molar refractivity (Wildman–Crippen MR) is 75.5 cm³/mol. The minimum Gasteiger partial charge on any atom is -0.468 e. The van der Waals surface area contributed by atoms with Gasteiger partial charge in [-0.1, -0.05) is 44.2 Å². The highest BCUT2D eigenvalue weighted by atomic mass is 16.5. The van der Waals surface area contributed by atoms with Crippen molar-refractivity contribution in [3.63, 3.8) is 0 Å². The summed E-state index contributed by atoms with van der Waals surface area (Å²) >= 11 is 0. The van der Waals surface area contributed by atoms with E-state index < -0.39 is 11.5 Å². The average molecular weight is 260 g/mol. The number of hydrogen-bond donors (Lipinski definition) is 0. The second-order valence-electron chi connectivity index (χ2n) is 4.96. The molecule has 1 rings (SSSR count). The van der Waals surface area contributed by atoms with Gasteiger partial charge in [-0.3, -0.25) is 4.79 Å². The van der Waals surface area contributed by atoms with Crippen LogP contribution in [0.5, 0.6) is 0 Å². The lowest BCUT2D eigenvalue weighted by molar-refractivity contribution is -0.147. The molecule has 1 radical (unpaired) electrons. The van der Waals surface area contributed by atoms with Gasteiger partial charge in [-0.2, -0.15) is 0 Å². The fourth-order valence-corrected chi connectivity index (χ4v) is 2.29. The Morgan fingerprint density at radius 2 is 1.95 bits per heavy atom. The van der Waals surface area contributed by atoms with Crippen LogP contribution in [0.4, 0.5) is 0 Å². The van der Waals surface area contributed by atoms with E-state index in [9.17, 15) is 9.59 Å². The number of carbonyl (C=O) groups is 2. The Morgan fingerprint density at radius 3 is 2.42 bits per heavy atom. The number of likely N-dealkylation sites (N-methyl/N-ethyl adjacent to an activating group) is 1. The zero-order chi connectivity index (χ0) is 14.5. The average Bonchev–Trinajstić information content (AvgIpc) is 2.39. The zero-order valence-electron chi connectivity index (χ0n) is 11.8. The topological polar surface area (TPSA) is 46.6 Å². The summed E-state index contributed by atoms with van der Waals surface area (Å²) in [7, 11) is 4.39. The molecule has 0 aliphatic rings. The van der Waals surface area contributed by atoms with E-state index in [1.807, 2.05) is 44.2 Å². The lowest BCUT2D eigenvalue weighted by Gasteiger charge is -2.38. The molecule has 0 bridgehead atoms. The van der Waals surface area contributed by atoms with Crippen molar-refractivity contribution in [2.24, 2.45) is 0 Å². The van der Waals surface area contributed by atoms with Crippen molar-refractivity contribution in [3.8, 4) is 0 Å². The monoisotopic (exact) mass is 260 g/mol. The van der Waals surface area contributed by atoms with E-state index in [2.05, 4.69) is 0 Å². The minimum atomic E-state index is -0.565. The van der Waals surface area contributed by atoms with E-state index in [0.29, 0.717) is 6.19 Å². The van der Waals surface area contributed by atoms with E-state index in [1.165, 1.54) is 14.5 Å². The first-order chi connectivity index (χ1) is 8.95. The van der Waals surface area contributed by atoms with Crippen molar-refractivity contribution in [1.82, 2.24) is 4.81 Å². The summed E-state index contributed by atoms with van der Waals surface area (Å²) in [6.07, 6.45) is 0.664. The smallest absolute Gasteiger partial charge is 0.322 e. The molecule has 4 nitrogen and oxygen atoms in total. The second-order valence-corrected chi connectivity index (χ2v) is 4.96. The van der Waals surface area contributed by atoms with Crippen molar-refractivity contribution in [1.29, 1.82) is 0 Å². The van der Waals surface area contributed by atoms with Gasteiger partial charge in [0.25, 0.3) is 7.41 Å². The van der Waals surface area contributed by atoms with Crippen molar-refractivity contribution in [3.05, 3.63) is 35.9 Å². The maximum Gasteiger partial charge on any atom is 0.322 e. The van der Waals surface area contributed by atoms with E-state index in [1.54, 1.807) is 11.9 Å². The fraction of sp³-hybridized carbons (Fsp3) is 0.429. The van der Waals surface area contributed by atoms with Gasteiger partial charge in [0, 0.05) is 5.41 Å². The summed E-state index contributed by atoms with van der Waals surface area (Å²) in [5, 5.41) is 0. The van der Waals surface area contributed by atoms with Crippen LogP contribution in [-0.2, 0) is 19.7 Å². The molecule has 0 unspecified atom stereocenters. The molecule has 0 N–H and O–H groups in total. The Hall–Kier alpha value is -1.62. The number of esters is 1. The maximum absolute atomic E-state index is 12.0. The quantitative estimate of drug-likeness (QED) is 0.438. The van der Waals surface area contributed by atoms with Crippen LogP contribution in [0.1, 0.15) is 19.4 Å².